The Morgan fingerprint density at radius 1 is 1.21 bits per heavy atom. The first kappa shape index (κ1) is 23.9. The molecule has 33 heavy (non-hydrogen) atoms. The maximum absolute atomic E-state index is 14.6. The van der Waals surface area contributed by atoms with Crippen LogP contribution in [0.4, 0.5) is 10.1 Å². The molecular formula is C21H23FN6O4S. The fraction of sp³-hybridized carbons (Fsp3) is 0.190. The summed E-state index contributed by atoms with van der Waals surface area (Å²) in [5, 5.41) is 20.0. The van der Waals surface area contributed by atoms with Gasteiger partial charge < -0.3 is 15.0 Å². The van der Waals surface area contributed by atoms with E-state index >= 15 is 0 Å². The summed E-state index contributed by atoms with van der Waals surface area (Å²) in [7, 11) is 0.506. The number of carbonyl (C=O) groups excluding carboxylic acids is 1. The molecule has 0 aliphatic heterocycles. The molecule has 0 saturated heterocycles. The van der Waals surface area contributed by atoms with E-state index in [1.54, 1.807) is 21.0 Å². The molecule has 1 amide bonds. The Labute approximate surface area is 190 Å². The summed E-state index contributed by atoms with van der Waals surface area (Å²) < 4.78 is 45.1. The number of nitrogens with zero attached hydrogens (tertiary/aromatic N) is 3. The molecule has 10 nitrogen and oxygen atoms in total. The van der Waals surface area contributed by atoms with Crippen LogP contribution < -0.4 is 15.2 Å². The van der Waals surface area contributed by atoms with E-state index in [1.165, 1.54) is 48.4 Å². The fourth-order valence-electron chi connectivity index (χ4n) is 3.08. The smallest absolute Gasteiger partial charge is 0.274 e. The molecular weight excluding hydrogens is 451 g/mol. The number of aromatic nitrogens is 2. The Bertz CT molecular complexity index is 1350. The standard InChI is InChI=1S/C21H23FN6O4S/c1-12-9-18(21(29)25-16-7-5-13(10-15(16)22)20(23)27(2)3)28(26-12)17-8-6-14(32-4)11-19(17)33(24,30)31/h5-11,23H,1-4H3,(H,25,29)(H2,24,30,31). The lowest BCUT2D eigenvalue weighted by Crippen LogP contribution is -2.22. The van der Waals surface area contributed by atoms with Crippen molar-refractivity contribution >= 4 is 27.5 Å². The lowest BCUT2D eigenvalue weighted by Gasteiger charge is -2.15. The van der Waals surface area contributed by atoms with Crippen molar-refractivity contribution in [2.24, 2.45) is 5.14 Å². The Hall–Kier alpha value is -3.77. The normalized spacial score (nSPS) is 11.2. The minimum atomic E-state index is -4.19. The Kier molecular flexibility index (Phi) is 6.51. The summed E-state index contributed by atoms with van der Waals surface area (Å²) in [5.41, 5.74) is 0.653. The van der Waals surface area contributed by atoms with Crippen LogP contribution in [0.3, 0.4) is 0 Å². The van der Waals surface area contributed by atoms with Gasteiger partial charge in [-0.1, -0.05) is 0 Å². The zero-order valence-electron chi connectivity index (χ0n) is 18.4. The van der Waals surface area contributed by atoms with Crippen molar-refractivity contribution in [1.29, 1.82) is 5.41 Å². The fourth-order valence-corrected chi connectivity index (χ4v) is 3.80. The number of hydrogen-bond acceptors (Lipinski definition) is 6. The van der Waals surface area contributed by atoms with Crippen LogP contribution in [0, 0.1) is 18.2 Å². The van der Waals surface area contributed by atoms with Gasteiger partial charge in [-0.3, -0.25) is 10.2 Å². The van der Waals surface area contributed by atoms with Gasteiger partial charge in [0, 0.05) is 25.7 Å². The van der Waals surface area contributed by atoms with E-state index in [0.29, 0.717) is 11.3 Å². The summed E-state index contributed by atoms with van der Waals surface area (Å²) in [4.78, 5) is 14.2. The van der Waals surface area contributed by atoms with Crippen molar-refractivity contribution in [1.82, 2.24) is 14.7 Å². The highest BCUT2D eigenvalue weighted by Crippen LogP contribution is 2.26. The number of anilines is 1. The molecule has 0 aliphatic rings. The van der Waals surface area contributed by atoms with Gasteiger partial charge in [-0.2, -0.15) is 5.10 Å². The number of benzene rings is 2. The third kappa shape index (κ3) is 5.02. The zero-order chi connectivity index (χ0) is 24.5. The van der Waals surface area contributed by atoms with Crippen LogP contribution in [0.5, 0.6) is 5.75 Å². The molecule has 0 spiro atoms. The number of amides is 1. The molecule has 12 heteroatoms. The van der Waals surface area contributed by atoms with Crippen LogP contribution in [0.15, 0.2) is 47.4 Å². The number of hydrogen-bond donors (Lipinski definition) is 3. The summed E-state index contributed by atoms with van der Waals surface area (Å²) in [6.45, 7) is 1.62. The maximum Gasteiger partial charge on any atom is 0.274 e. The van der Waals surface area contributed by atoms with Crippen molar-refractivity contribution in [3.63, 3.8) is 0 Å². The molecule has 0 radical (unpaired) electrons. The molecule has 0 saturated carbocycles. The van der Waals surface area contributed by atoms with Gasteiger partial charge in [0.15, 0.2) is 0 Å². The van der Waals surface area contributed by atoms with E-state index < -0.39 is 21.7 Å². The lowest BCUT2D eigenvalue weighted by molar-refractivity contribution is 0.101. The average Bonchev–Trinajstić information content (AvgIpc) is 3.15. The van der Waals surface area contributed by atoms with Crippen molar-refractivity contribution in [2.45, 2.75) is 11.8 Å². The monoisotopic (exact) mass is 474 g/mol. The minimum absolute atomic E-state index is 0.0341. The number of methoxy groups -OCH3 is 1. The SMILES string of the molecule is COc1ccc(-n2nc(C)cc2C(=O)Nc2ccc(C(=N)N(C)C)cc2F)c(S(N)(=O)=O)c1. The highest BCUT2D eigenvalue weighted by molar-refractivity contribution is 7.89. The van der Waals surface area contributed by atoms with Gasteiger partial charge in [0.05, 0.1) is 24.2 Å². The number of rotatable bonds is 6. The molecule has 0 unspecified atom stereocenters. The molecule has 4 N–H and O–H groups in total. The number of primary sulfonamides is 1. The third-order valence-corrected chi connectivity index (χ3v) is 5.64. The van der Waals surface area contributed by atoms with Crippen molar-refractivity contribution in [2.75, 3.05) is 26.5 Å². The maximum atomic E-state index is 14.6. The molecule has 174 valence electrons. The molecule has 0 aliphatic carbocycles. The predicted molar refractivity (Wildman–Crippen MR) is 121 cm³/mol. The van der Waals surface area contributed by atoms with Crippen LogP contribution in [-0.4, -0.2) is 56.0 Å². The van der Waals surface area contributed by atoms with E-state index in [4.69, 9.17) is 15.3 Å². The number of sulfonamides is 1. The number of halogens is 1. The van der Waals surface area contributed by atoms with Gasteiger partial charge >= 0.3 is 0 Å². The molecule has 2 aromatic carbocycles. The molecule has 0 fully saturated rings. The van der Waals surface area contributed by atoms with E-state index in [1.807, 2.05) is 0 Å². The van der Waals surface area contributed by atoms with Crippen LogP contribution in [0.2, 0.25) is 0 Å². The number of aryl methyl sites for hydroxylation is 1. The first-order valence-corrected chi connectivity index (χ1v) is 11.1. The van der Waals surface area contributed by atoms with Crippen molar-refractivity contribution in [3.8, 4) is 11.4 Å². The average molecular weight is 475 g/mol. The van der Waals surface area contributed by atoms with Crippen LogP contribution in [0.25, 0.3) is 5.69 Å². The van der Waals surface area contributed by atoms with Gasteiger partial charge in [0.25, 0.3) is 5.91 Å². The van der Waals surface area contributed by atoms with Crippen LogP contribution in [0.1, 0.15) is 21.7 Å². The topological polar surface area (TPSA) is 143 Å². The van der Waals surface area contributed by atoms with E-state index in [2.05, 4.69) is 10.4 Å². The molecule has 3 rings (SSSR count). The van der Waals surface area contributed by atoms with Gasteiger partial charge in [0.2, 0.25) is 10.0 Å². The van der Waals surface area contributed by atoms with Crippen molar-refractivity contribution in [3.05, 3.63) is 65.2 Å². The number of amidine groups is 1. The second-order valence-electron chi connectivity index (χ2n) is 7.35. The number of nitrogens with two attached hydrogens (primary N) is 1. The highest BCUT2D eigenvalue weighted by Gasteiger charge is 2.23. The quantitative estimate of drug-likeness (QED) is 0.369. The van der Waals surface area contributed by atoms with Gasteiger partial charge in [-0.25, -0.2) is 22.6 Å². The molecule has 0 atom stereocenters. The first-order chi connectivity index (χ1) is 15.4. The molecule has 3 aromatic rings. The van der Waals surface area contributed by atoms with E-state index in [0.717, 1.165) is 10.7 Å². The molecule has 1 aromatic heterocycles. The largest absolute Gasteiger partial charge is 0.497 e. The highest BCUT2D eigenvalue weighted by atomic mass is 32.2. The van der Waals surface area contributed by atoms with Gasteiger partial charge in [-0.15, -0.1) is 0 Å². The summed E-state index contributed by atoms with van der Waals surface area (Å²) in [5.74, 6) is -1.09. The van der Waals surface area contributed by atoms with Crippen LogP contribution in [-0.2, 0) is 10.0 Å². The van der Waals surface area contributed by atoms with Gasteiger partial charge in [0.1, 0.15) is 28.0 Å². The molecule has 0 bridgehead atoms. The van der Waals surface area contributed by atoms with Gasteiger partial charge in [-0.05, 0) is 43.3 Å². The Morgan fingerprint density at radius 2 is 1.91 bits per heavy atom. The second-order valence-corrected chi connectivity index (χ2v) is 8.88. The Balaban J connectivity index is 2.02. The van der Waals surface area contributed by atoms with E-state index in [-0.39, 0.29) is 33.5 Å². The zero-order valence-corrected chi connectivity index (χ0v) is 19.2. The number of carbonyl (C=O) groups is 1. The molecule has 1 heterocycles. The van der Waals surface area contributed by atoms with E-state index in [9.17, 15) is 17.6 Å². The summed E-state index contributed by atoms with van der Waals surface area (Å²) in [6, 6.07) is 9.55. The minimum Gasteiger partial charge on any atom is -0.497 e. The number of nitrogens with one attached hydrogen (secondary N) is 2. The number of ether oxygens (including phenoxy) is 1. The first-order valence-electron chi connectivity index (χ1n) is 9.57. The summed E-state index contributed by atoms with van der Waals surface area (Å²) in [6.07, 6.45) is 0. The lowest BCUT2D eigenvalue weighted by atomic mass is 10.1. The second kappa shape index (κ2) is 9.00. The van der Waals surface area contributed by atoms with Crippen LogP contribution >= 0.6 is 0 Å². The third-order valence-electron chi connectivity index (χ3n) is 4.70. The summed E-state index contributed by atoms with van der Waals surface area (Å²) >= 11 is 0. The van der Waals surface area contributed by atoms with Crippen molar-refractivity contribution < 1.29 is 22.3 Å². The predicted octanol–water partition coefficient (Wildman–Crippen LogP) is 2.12. The Morgan fingerprint density at radius 3 is 2.48 bits per heavy atom.